The molecule has 32 heavy (non-hydrogen) atoms. The van der Waals surface area contributed by atoms with Crippen LogP contribution in [0.2, 0.25) is 0 Å². The molecule has 2 aromatic rings. The first kappa shape index (κ1) is 22.8. The third kappa shape index (κ3) is 4.97. The maximum atomic E-state index is 11.2. The third-order valence-corrected chi connectivity index (χ3v) is 6.35. The topological polar surface area (TPSA) is 131 Å². The number of hydrogen-bond donors (Lipinski definition) is 2. The quantitative estimate of drug-likeness (QED) is 0.559. The van der Waals surface area contributed by atoms with E-state index in [1.165, 1.54) is 12.0 Å². The number of primary amides is 1. The van der Waals surface area contributed by atoms with Crippen LogP contribution in [0.3, 0.4) is 0 Å². The highest BCUT2D eigenvalue weighted by Gasteiger charge is 2.26. The zero-order valence-corrected chi connectivity index (χ0v) is 18.8. The minimum atomic E-state index is -0.777. The predicted octanol–water partition coefficient (Wildman–Crippen LogP) is 1.96. The van der Waals surface area contributed by atoms with E-state index in [0.29, 0.717) is 32.2 Å². The van der Waals surface area contributed by atoms with Gasteiger partial charge in [0.2, 0.25) is 0 Å². The summed E-state index contributed by atoms with van der Waals surface area (Å²) < 4.78 is 13.2. The number of hydroxylamine groups is 2. The fourth-order valence-corrected chi connectivity index (χ4v) is 4.83. The van der Waals surface area contributed by atoms with Gasteiger partial charge in [0.15, 0.2) is 5.82 Å². The smallest absolute Gasteiger partial charge is 0.384 e. The average molecular weight is 447 g/mol. The van der Waals surface area contributed by atoms with E-state index in [4.69, 9.17) is 30.8 Å². The van der Waals surface area contributed by atoms with Gasteiger partial charge in [-0.1, -0.05) is 0 Å². The highest BCUT2D eigenvalue weighted by atomic mass is 16.7. The molecule has 3 heterocycles. The van der Waals surface area contributed by atoms with Gasteiger partial charge >= 0.3 is 6.09 Å². The van der Waals surface area contributed by atoms with Crippen LogP contribution in [0.5, 0.6) is 0 Å². The van der Waals surface area contributed by atoms with E-state index < -0.39 is 6.09 Å². The minimum absolute atomic E-state index is 0.0244. The molecule has 1 fully saturated rings. The fraction of sp³-hybridized carbons (Fsp3) is 0.682. The number of ether oxygens (including phenoxy) is 2. The number of carbonyl (C=O) groups excluding carboxylic acids is 1. The molecule has 1 amide bonds. The summed E-state index contributed by atoms with van der Waals surface area (Å²) in [6.07, 6.45) is 7.05. The fourth-order valence-electron chi connectivity index (χ4n) is 4.83. The summed E-state index contributed by atoms with van der Waals surface area (Å²) in [5.41, 5.74) is 15.9. The molecule has 4 rings (SSSR count). The first-order valence-corrected chi connectivity index (χ1v) is 11.6. The van der Waals surface area contributed by atoms with Crippen molar-refractivity contribution < 1.29 is 19.1 Å². The Labute approximate surface area is 188 Å². The van der Waals surface area contributed by atoms with Crippen molar-refractivity contribution in [3.8, 4) is 0 Å². The van der Waals surface area contributed by atoms with Crippen LogP contribution in [0.4, 0.5) is 10.6 Å². The highest BCUT2D eigenvalue weighted by Crippen LogP contribution is 2.32. The Bertz CT molecular complexity index is 946. The summed E-state index contributed by atoms with van der Waals surface area (Å²) in [6, 6.07) is 0.0244. The van der Waals surface area contributed by atoms with Gasteiger partial charge in [0, 0.05) is 25.8 Å². The number of carbonyl (C=O) groups is 1. The molecule has 10 heteroatoms. The summed E-state index contributed by atoms with van der Waals surface area (Å²) in [5, 5.41) is 1.66. The lowest BCUT2D eigenvalue weighted by atomic mass is 9.95. The lowest BCUT2D eigenvalue weighted by Gasteiger charge is -2.33. The van der Waals surface area contributed by atoms with Gasteiger partial charge in [-0.2, -0.15) is 0 Å². The van der Waals surface area contributed by atoms with Gasteiger partial charge < -0.3 is 30.3 Å². The van der Waals surface area contributed by atoms with Gasteiger partial charge in [-0.3, -0.25) is 0 Å². The molecule has 0 spiro atoms. The first-order chi connectivity index (χ1) is 15.6. The van der Waals surface area contributed by atoms with Crippen LogP contribution in [-0.4, -0.2) is 65.2 Å². The molecule has 10 nitrogen and oxygen atoms in total. The largest absolute Gasteiger partial charge is 0.423 e. The summed E-state index contributed by atoms with van der Waals surface area (Å²) >= 11 is 0. The first-order valence-electron chi connectivity index (χ1n) is 11.6. The van der Waals surface area contributed by atoms with Gasteiger partial charge in [0.05, 0.1) is 37.9 Å². The van der Waals surface area contributed by atoms with E-state index in [1.807, 2.05) is 0 Å². The molecule has 4 N–H and O–H groups in total. The number of nitrogens with zero attached hydrogens (tertiary/aromatic N) is 4. The summed E-state index contributed by atoms with van der Waals surface area (Å²) in [5.74, 6) is 1.52. The van der Waals surface area contributed by atoms with Crippen molar-refractivity contribution in [2.45, 2.75) is 64.0 Å². The number of hydrogen-bond acceptors (Lipinski definition) is 8. The van der Waals surface area contributed by atoms with Crippen LogP contribution in [0, 0.1) is 0 Å². The summed E-state index contributed by atoms with van der Waals surface area (Å²) in [7, 11) is 1.71. The maximum Gasteiger partial charge on any atom is 0.423 e. The van der Waals surface area contributed by atoms with Gasteiger partial charge in [0.1, 0.15) is 11.3 Å². The highest BCUT2D eigenvalue weighted by molar-refractivity contribution is 5.89. The molecule has 0 aromatic carbocycles. The molecule has 2 aliphatic rings. The van der Waals surface area contributed by atoms with E-state index in [0.717, 1.165) is 74.0 Å². The Morgan fingerprint density at radius 1 is 1.25 bits per heavy atom. The Balaban J connectivity index is 1.50. The van der Waals surface area contributed by atoms with Crippen molar-refractivity contribution in [3.63, 3.8) is 0 Å². The number of aromatic nitrogens is 3. The number of morpholine rings is 1. The predicted molar refractivity (Wildman–Crippen MR) is 120 cm³/mol. The molecule has 0 radical (unpaired) electrons. The van der Waals surface area contributed by atoms with Crippen molar-refractivity contribution in [3.05, 3.63) is 17.1 Å². The number of anilines is 1. The van der Waals surface area contributed by atoms with Gasteiger partial charge in [-0.15, -0.1) is 5.06 Å². The van der Waals surface area contributed by atoms with Crippen LogP contribution >= 0.6 is 0 Å². The van der Waals surface area contributed by atoms with Gasteiger partial charge in [-0.05, 0) is 50.5 Å². The van der Waals surface area contributed by atoms with E-state index in [2.05, 4.69) is 9.55 Å². The number of fused-ring (bicyclic) bond motifs is 3. The lowest BCUT2D eigenvalue weighted by molar-refractivity contribution is -0.181. The third-order valence-electron chi connectivity index (χ3n) is 6.35. The molecule has 1 aliphatic carbocycles. The number of nitrogens with two attached hydrogens (primary N) is 2. The monoisotopic (exact) mass is 446 g/mol. The molecular weight excluding hydrogens is 412 g/mol. The van der Waals surface area contributed by atoms with E-state index in [9.17, 15) is 4.79 Å². The van der Waals surface area contributed by atoms with Crippen molar-refractivity contribution in [2.75, 3.05) is 39.2 Å². The van der Waals surface area contributed by atoms with E-state index >= 15 is 0 Å². The Morgan fingerprint density at radius 3 is 2.91 bits per heavy atom. The molecule has 2 aromatic heterocycles. The average Bonchev–Trinajstić information content (AvgIpc) is 3.15. The minimum Gasteiger partial charge on any atom is -0.384 e. The van der Waals surface area contributed by atoms with Crippen LogP contribution in [0.25, 0.3) is 11.0 Å². The van der Waals surface area contributed by atoms with Crippen LogP contribution in [0.1, 0.15) is 49.2 Å². The number of nitrogen functional groups attached to an aromatic ring is 1. The summed E-state index contributed by atoms with van der Waals surface area (Å²) in [4.78, 5) is 25.9. The SMILES string of the molecule is COCCc1nc2c(N)nc3c(c2n1CCCCC1COCCN1OC(N)=O)CCCC3. The van der Waals surface area contributed by atoms with E-state index in [-0.39, 0.29) is 6.04 Å². The second-order valence-corrected chi connectivity index (χ2v) is 8.52. The second-order valence-electron chi connectivity index (χ2n) is 8.52. The molecule has 1 atom stereocenters. The Morgan fingerprint density at radius 2 is 2.09 bits per heavy atom. The number of rotatable bonds is 9. The molecule has 0 saturated carbocycles. The normalized spacial score (nSPS) is 19.2. The zero-order valence-electron chi connectivity index (χ0n) is 18.8. The van der Waals surface area contributed by atoms with Crippen molar-refractivity contribution in [1.29, 1.82) is 0 Å². The van der Waals surface area contributed by atoms with Crippen LogP contribution < -0.4 is 11.5 Å². The number of pyridine rings is 1. The number of imidazole rings is 1. The molecule has 1 saturated heterocycles. The van der Waals surface area contributed by atoms with Crippen molar-refractivity contribution >= 4 is 22.9 Å². The molecule has 1 unspecified atom stereocenters. The molecular formula is C22H34N6O4. The molecule has 1 aliphatic heterocycles. The molecule has 0 bridgehead atoms. The van der Waals surface area contributed by atoms with Crippen molar-refractivity contribution in [2.24, 2.45) is 5.73 Å². The number of amides is 1. The second kappa shape index (κ2) is 10.5. The van der Waals surface area contributed by atoms with Crippen molar-refractivity contribution in [1.82, 2.24) is 19.6 Å². The Hall–Kier alpha value is -2.43. The van der Waals surface area contributed by atoms with Crippen LogP contribution in [-0.2, 0) is 40.1 Å². The van der Waals surface area contributed by atoms with Gasteiger partial charge in [-0.25, -0.2) is 14.8 Å². The number of methoxy groups -OCH3 is 1. The van der Waals surface area contributed by atoms with Crippen LogP contribution in [0.15, 0.2) is 0 Å². The van der Waals surface area contributed by atoms with Gasteiger partial charge in [0.25, 0.3) is 0 Å². The Kier molecular flexibility index (Phi) is 7.44. The molecule has 176 valence electrons. The maximum absolute atomic E-state index is 11.2. The number of unbranched alkanes of at least 4 members (excludes halogenated alkanes) is 1. The van der Waals surface area contributed by atoms with E-state index in [1.54, 1.807) is 12.2 Å². The summed E-state index contributed by atoms with van der Waals surface area (Å²) in [6.45, 7) is 3.07. The number of aryl methyl sites for hydroxylation is 3. The zero-order chi connectivity index (χ0) is 22.5. The standard InChI is InChI=1S/C22H34N6O4/c1-30-12-9-18-26-19-20(16-7-2-3-8-17(16)25-21(19)23)27(18)10-5-4-6-15-14-31-13-11-28(15)32-22(24)29/h15H,2-14H2,1H3,(H2,23,25)(H2,24,29). The lowest BCUT2D eigenvalue weighted by Crippen LogP contribution is -2.47.